The van der Waals surface area contributed by atoms with Crippen LogP contribution in [0.1, 0.15) is 0 Å². The maximum Gasteiger partial charge on any atom is 0.407 e. The first-order valence-electron chi connectivity index (χ1n) is 4.69. The molecule has 4 N–H and O–H groups in total. The Bertz CT molecular complexity index is 258. The summed E-state index contributed by atoms with van der Waals surface area (Å²) in [5, 5.41) is 30.5. The van der Waals surface area contributed by atoms with Crippen molar-refractivity contribution in [1.82, 2.24) is 5.32 Å². The Morgan fingerprint density at radius 3 is 2.80 bits per heavy atom. The molecule has 0 unspecified atom stereocenters. The van der Waals surface area contributed by atoms with E-state index in [0.717, 1.165) is 0 Å². The molecular formula is C8H13NO6. The minimum Gasteiger partial charge on any atom is -0.447 e. The molecule has 0 spiro atoms. The van der Waals surface area contributed by atoms with E-state index in [9.17, 15) is 15.0 Å². The summed E-state index contributed by atoms with van der Waals surface area (Å²) >= 11 is 0. The summed E-state index contributed by atoms with van der Waals surface area (Å²) in [4.78, 5) is 10.9. The van der Waals surface area contributed by atoms with Crippen molar-refractivity contribution in [2.24, 2.45) is 0 Å². The highest BCUT2D eigenvalue weighted by Crippen LogP contribution is 2.23. The van der Waals surface area contributed by atoms with Crippen LogP contribution in [0.25, 0.3) is 0 Å². The van der Waals surface area contributed by atoms with Crippen molar-refractivity contribution in [3.05, 3.63) is 0 Å². The third-order valence-corrected chi connectivity index (χ3v) is 2.69. The van der Waals surface area contributed by atoms with Crippen LogP contribution in [0.15, 0.2) is 0 Å². The second-order valence-electron chi connectivity index (χ2n) is 3.65. The zero-order valence-corrected chi connectivity index (χ0v) is 7.87. The van der Waals surface area contributed by atoms with E-state index >= 15 is 0 Å². The second-order valence-corrected chi connectivity index (χ2v) is 3.65. The Balaban J connectivity index is 2.11. The molecule has 0 aromatic heterocycles. The molecule has 0 saturated carbocycles. The lowest BCUT2D eigenvalue weighted by Crippen LogP contribution is -2.67. The molecule has 5 atom stereocenters. The van der Waals surface area contributed by atoms with Crippen molar-refractivity contribution in [2.75, 3.05) is 13.2 Å². The Labute approximate surface area is 85.6 Å². The number of fused-ring (bicyclic) bond motifs is 1. The lowest BCUT2D eigenvalue weighted by Gasteiger charge is -2.44. The van der Waals surface area contributed by atoms with Crippen LogP contribution in [0, 0.1) is 0 Å². The SMILES string of the molecule is O=C1N[C@@H]2[C@@H](O)[C@@H](O)[C@@H](CO)O[C@@H]2CO1. The van der Waals surface area contributed by atoms with E-state index in [0.29, 0.717) is 0 Å². The average Bonchev–Trinajstić information content (AvgIpc) is 2.24. The summed E-state index contributed by atoms with van der Waals surface area (Å²) in [6.45, 7) is -0.383. The molecule has 0 aliphatic carbocycles. The van der Waals surface area contributed by atoms with Gasteiger partial charge in [0.25, 0.3) is 0 Å². The van der Waals surface area contributed by atoms with Crippen LogP contribution in [0.3, 0.4) is 0 Å². The highest BCUT2D eigenvalue weighted by Gasteiger charge is 2.47. The fraction of sp³-hybridized carbons (Fsp3) is 0.875. The van der Waals surface area contributed by atoms with E-state index in [1.54, 1.807) is 0 Å². The Hall–Kier alpha value is -0.890. The summed E-state index contributed by atoms with van der Waals surface area (Å²) in [5.41, 5.74) is 0. The molecule has 0 aromatic carbocycles. The monoisotopic (exact) mass is 219 g/mol. The number of ether oxygens (including phenoxy) is 2. The molecule has 0 radical (unpaired) electrons. The van der Waals surface area contributed by atoms with Crippen molar-refractivity contribution < 1.29 is 29.6 Å². The lowest BCUT2D eigenvalue weighted by molar-refractivity contribution is -0.208. The molecule has 1 amide bonds. The fourth-order valence-electron chi connectivity index (χ4n) is 1.85. The standard InChI is InChI=1S/C8H13NO6/c10-1-3-6(11)7(12)5-4(15-3)2-14-8(13)9-5/h3-7,10-12H,1-2H2,(H,9,13)/t3-,4-,5+,6+,7-/m1/s1. The third-order valence-electron chi connectivity index (χ3n) is 2.69. The smallest absolute Gasteiger partial charge is 0.407 e. The fourth-order valence-corrected chi connectivity index (χ4v) is 1.85. The molecule has 0 bridgehead atoms. The zero-order chi connectivity index (χ0) is 11.0. The Morgan fingerprint density at radius 2 is 2.13 bits per heavy atom. The molecule has 7 nitrogen and oxygen atoms in total. The average molecular weight is 219 g/mol. The molecule has 7 heteroatoms. The zero-order valence-electron chi connectivity index (χ0n) is 7.87. The molecular weight excluding hydrogens is 206 g/mol. The van der Waals surface area contributed by atoms with E-state index < -0.39 is 43.2 Å². The number of aliphatic hydroxyl groups is 3. The number of alkyl carbamates (subject to hydrolysis) is 1. The summed E-state index contributed by atoms with van der Waals surface area (Å²) in [6.07, 6.45) is -4.41. The van der Waals surface area contributed by atoms with Gasteiger partial charge in [0.05, 0.1) is 12.6 Å². The minimum atomic E-state index is -1.21. The maximum absolute atomic E-state index is 10.9. The van der Waals surface area contributed by atoms with Gasteiger partial charge in [-0.15, -0.1) is 0 Å². The van der Waals surface area contributed by atoms with Crippen LogP contribution in [0.2, 0.25) is 0 Å². The summed E-state index contributed by atoms with van der Waals surface area (Å²) < 4.78 is 9.95. The van der Waals surface area contributed by atoms with Crippen molar-refractivity contribution >= 4 is 6.09 Å². The molecule has 2 aliphatic rings. The lowest BCUT2D eigenvalue weighted by atomic mass is 9.92. The van der Waals surface area contributed by atoms with Gasteiger partial charge in [-0.2, -0.15) is 0 Å². The molecule has 86 valence electrons. The minimum absolute atomic E-state index is 0.0107. The first-order chi connectivity index (χ1) is 7.13. The quantitative estimate of drug-likeness (QED) is 0.391. The molecule has 2 saturated heterocycles. The number of carbonyl (C=O) groups excluding carboxylic acids is 1. The van der Waals surface area contributed by atoms with Crippen LogP contribution in [0.5, 0.6) is 0 Å². The molecule has 2 aliphatic heterocycles. The summed E-state index contributed by atoms with van der Waals surface area (Å²) in [6, 6.07) is -0.691. The molecule has 0 aromatic rings. The predicted octanol–water partition coefficient (Wildman–Crippen LogP) is -2.42. The van der Waals surface area contributed by atoms with Crippen LogP contribution >= 0.6 is 0 Å². The number of hydrogen-bond donors (Lipinski definition) is 4. The van der Waals surface area contributed by atoms with Gasteiger partial charge >= 0.3 is 6.09 Å². The Morgan fingerprint density at radius 1 is 1.40 bits per heavy atom. The van der Waals surface area contributed by atoms with E-state index in [1.165, 1.54) is 0 Å². The van der Waals surface area contributed by atoms with Gasteiger partial charge in [0.1, 0.15) is 31.0 Å². The number of amides is 1. The van der Waals surface area contributed by atoms with Gasteiger partial charge in [0, 0.05) is 0 Å². The molecule has 2 rings (SSSR count). The number of cyclic esters (lactones) is 1. The van der Waals surface area contributed by atoms with Crippen molar-refractivity contribution in [3.63, 3.8) is 0 Å². The van der Waals surface area contributed by atoms with E-state index in [-0.39, 0.29) is 6.61 Å². The second kappa shape index (κ2) is 3.93. The molecule has 2 heterocycles. The van der Waals surface area contributed by atoms with Crippen molar-refractivity contribution in [1.29, 1.82) is 0 Å². The predicted molar refractivity (Wildman–Crippen MR) is 46.0 cm³/mol. The summed E-state index contributed by atoms with van der Waals surface area (Å²) in [7, 11) is 0. The van der Waals surface area contributed by atoms with E-state index in [4.69, 9.17) is 9.84 Å². The van der Waals surface area contributed by atoms with Gasteiger partial charge in [-0.05, 0) is 0 Å². The van der Waals surface area contributed by atoms with Crippen molar-refractivity contribution in [3.8, 4) is 0 Å². The topological polar surface area (TPSA) is 108 Å². The normalized spacial score (nSPS) is 45.3. The largest absolute Gasteiger partial charge is 0.447 e. The van der Waals surface area contributed by atoms with Crippen LogP contribution in [-0.4, -0.2) is 65.1 Å². The van der Waals surface area contributed by atoms with Gasteiger partial charge in [-0.1, -0.05) is 0 Å². The van der Waals surface area contributed by atoms with Gasteiger partial charge in [-0.3, -0.25) is 0 Å². The first kappa shape index (κ1) is 10.6. The number of rotatable bonds is 1. The highest BCUT2D eigenvalue weighted by molar-refractivity contribution is 5.68. The Kier molecular flexibility index (Phi) is 2.79. The van der Waals surface area contributed by atoms with Gasteiger partial charge in [0.15, 0.2) is 0 Å². The van der Waals surface area contributed by atoms with E-state index in [1.807, 2.05) is 0 Å². The first-order valence-corrected chi connectivity index (χ1v) is 4.69. The van der Waals surface area contributed by atoms with Gasteiger partial charge in [-0.25, -0.2) is 4.79 Å². The highest BCUT2D eigenvalue weighted by atomic mass is 16.6. The van der Waals surface area contributed by atoms with E-state index in [2.05, 4.69) is 10.1 Å². The van der Waals surface area contributed by atoms with Crippen LogP contribution in [0.4, 0.5) is 4.79 Å². The third kappa shape index (κ3) is 1.78. The van der Waals surface area contributed by atoms with Gasteiger partial charge < -0.3 is 30.1 Å². The van der Waals surface area contributed by atoms with Gasteiger partial charge in [0.2, 0.25) is 0 Å². The van der Waals surface area contributed by atoms with Crippen molar-refractivity contribution in [2.45, 2.75) is 30.5 Å². The van der Waals surface area contributed by atoms with Crippen LogP contribution in [-0.2, 0) is 9.47 Å². The maximum atomic E-state index is 10.9. The number of nitrogens with one attached hydrogen (secondary N) is 1. The molecule has 15 heavy (non-hydrogen) atoms. The number of carbonyl (C=O) groups is 1. The molecule has 2 fully saturated rings. The number of hydrogen-bond acceptors (Lipinski definition) is 6. The summed E-state index contributed by atoms with van der Waals surface area (Å²) in [5.74, 6) is 0. The number of aliphatic hydroxyl groups excluding tert-OH is 3. The van der Waals surface area contributed by atoms with Crippen LogP contribution < -0.4 is 5.32 Å².